The van der Waals surface area contributed by atoms with E-state index in [2.05, 4.69) is 20.1 Å². The van der Waals surface area contributed by atoms with Crippen molar-refractivity contribution < 1.29 is 18.3 Å². The van der Waals surface area contributed by atoms with Crippen molar-refractivity contribution in [2.45, 2.75) is 45.8 Å². The summed E-state index contributed by atoms with van der Waals surface area (Å²) in [5, 5.41) is 9.60. The number of thiazole rings is 1. The average molecular weight is 631 g/mol. The minimum atomic E-state index is -0.842. The molecule has 1 amide bonds. The molecule has 1 atom stereocenters. The van der Waals surface area contributed by atoms with Gasteiger partial charge in [-0.05, 0) is 63.9 Å². The summed E-state index contributed by atoms with van der Waals surface area (Å²) in [6.45, 7) is 7.15. The van der Waals surface area contributed by atoms with E-state index in [0.29, 0.717) is 33.3 Å². The van der Waals surface area contributed by atoms with Crippen LogP contribution in [0.5, 0.6) is 0 Å². The lowest BCUT2D eigenvalue weighted by Crippen LogP contribution is -2.36. The highest BCUT2D eigenvalue weighted by Gasteiger charge is 2.28. The lowest BCUT2D eigenvalue weighted by molar-refractivity contribution is 0.0502. The quantitative estimate of drug-likeness (QED) is 0.176. The predicted molar refractivity (Wildman–Crippen MR) is 166 cm³/mol. The van der Waals surface area contributed by atoms with Gasteiger partial charge in [0.15, 0.2) is 11.5 Å². The van der Waals surface area contributed by atoms with E-state index in [1.165, 1.54) is 35.4 Å². The summed E-state index contributed by atoms with van der Waals surface area (Å²) < 4.78 is 39.8. The van der Waals surface area contributed by atoms with Gasteiger partial charge >= 0.3 is 6.09 Å². The van der Waals surface area contributed by atoms with Crippen LogP contribution in [-0.2, 0) is 18.2 Å². The lowest BCUT2D eigenvalue weighted by atomic mass is 9.94. The van der Waals surface area contributed by atoms with Gasteiger partial charge in [-0.3, -0.25) is 4.68 Å². The molecule has 42 heavy (non-hydrogen) atoms. The maximum Gasteiger partial charge on any atom is 0.408 e. The molecular formula is C29H29ClF2N6O2S2. The van der Waals surface area contributed by atoms with E-state index < -0.39 is 29.4 Å². The third-order valence-electron chi connectivity index (χ3n) is 6.33. The molecule has 0 aliphatic carbocycles. The Morgan fingerprint density at radius 2 is 1.86 bits per heavy atom. The van der Waals surface area contributed by atoms with Crippen molar-refractivity contribution in [1.82, 2.24) is 25.1 Å². The van der Waals surface area contributed by atoms with Crippen molar-refractivity contribution in [2.24, 2.45) is 7.05 Å². The van der Waals surface area contributed by atoms with Crippen LogP contribution < -0.4 is 10.0 Å². The van der Waals surface area contributed by atoms with Gasteiger partial charge in [0.1, 0.15) is 17.2 Å². The van der Waals surface area contributed by atoms with E-state index in [4.69, 9.17) is 21.3 Å². The van der Waals surface area contributed by atoms with Crippen molar-refractivity contribution in [2.75, 3.05) is 11.0 Å². The van der Waals surface area contributed by atoms with Crippen molar-refractivity contribution in [1.29, 1.82) is 0 Å². The molecule has 2 aromatic carbocycles. The SMILES string of the molecule is CSNc1nn(C)c2c(-c3cc4sc(C)nc4nc3C(Cc3cc(F)cc(F)c3)NC(=O)OC(C)(C)C)ccc(Cl)c12. The number of aryl methyl sites for hydroxylation is 2. The number of hydrogen-bond donors (Lipinski definition) is 2. The average Bonchev–Trinajstić information content (AvgIpc) is 3.40. The van der Waals surface area contributed by atoms with Gasteiger partial charge in [-0.25, -0.2) is 23.5 Å². The van der Waals surface area contributed by atoms with Gasteiger partial charge in [0.25, 0.3) is 0 Å². The van der Waals surface area contributed by atoms with Crippen molar-refractivity contribution in [3.63, 3.8) is 0 Å². The van der Waals surface area contributed by atoms with Crippen LogP contribution in [0.4, 0.5) is 19.4 Å². The van der Waals surface area contributed by atoms with Gasteiger partial charge in [0, 0.05) is 30.5 Å². The molecule has 5 rings (SSSR count). The Morgan fingerprint density at radius 1 is 1.14 bits per heavy atom. The molecule has 13 heteroatoms. The van der Waals surface area contributed by atoms with Gasteiger partial charge in [-0.2, -0.15) is 5.10 Å². The molecule has 3 aromatic heterocycles. The van der Waals surface area contributed by atoms with Gasteiger partial charge < -0.3 is 14.8 Å². The van der Waals surface area contributed by atoms with Crippen LogP contribution in [0.1, 0.15) is 43.1 Å². The number of amides is 1. The van der Waals surface area contributed by atoms with Crippen LogP contribution in [-0.4, -0.2) is 37.7 Å². The number of nitrogens with one attached hydrogen (secondary N) is 2. The Kier molecular flexibility index (Phi) is 8.32. The molecule has 0 aliphatic heterocycles. The third kappa shape index (κ3) is 6.30. The molecule has 0 bridgehead atoms. The number of halogens is 3. The summed E-state index contributed by atoms with van der Waals surface area (Å²) in [6.07, 6.45) is 1.23. The van der Waals surface area contributed by atoms with Crippen LogP contribution in [0.25, 0.3) is 32.4 Å². The molecule has 0 fully saturated rings. The summed E-state index contributed by atoms with van der Waals surface area (Å²) >= 11 is 9.55. The maximum absolute atomic E-state index is 14.2. The first kappa shape index (κ1) is 30.0. The molecule has 0 spiro atoms. The number of anilines is 1. The normalized spacial score (nSPS) is 12.6. The molecule has 0 saturated heterocycles. The van der Waals surface area contributed by atoms with Crippen molar-refractivity contribution in [3.05, 3.63) is 69.3 Å². The topological polar surface area (TPSA) is 94.0 Å². The summed E-state index contributed by atoms with van der Waals surface area (Å²) in [7, 11) is 1.82. The van der Waals surface area contributed by atoms with Crippen molar-refractivity contribution in [3.8, 4) is 11.1 Å². The zero-order chi connectivity index (χ0) is 30.3. The highest BCUT2D eigenvalue weighted by Crippen LogP contribution is 2.41. The Bertz CT molecular complexity index is 1800. The summed E-state index contributed by atoms with van der Waals surface area (Å²) in [4.78, 5) is 22.6. The van der Waals surface area contributed by atoms with E-state index in [1.54, 1.807) is 31.5 Å². The van der Waals surface area contributed by atoms with Crippen LogP contribution in [0.15, 0.2) is 36.4 Å². The molecule has 8 nitrogen and oxygen atoms in total. The number of rotatable bonds is 7. The number of hydrogen-bond acceptors (Lipinski definition) is 8. The zero-order valence-electron chi connectivity index (χ0n) is 23.8. The first-order valence-electron chi connectivity index (χ1n) is 13.0. The first-order chi connectivity index (χ1) is 19.8. The molecule has 220 valence electrons. The Morgan fingerprint density at radius 3 is 2.52 bits per heavy atom. The zero-order valence-corrected chi connectivity index (χ0v) is 26.2. The minimum absolute atomic E-state index is 0.0317. The lowest BCUT2D eigenvalue weighted by Gasteiger charge is -2.25. The summed E-state index contributed by atoms with van der Waals surface area (Å²) in [5.74, 6) is -0.833. The standard InChI is InChI=1S/C29H29ClF2N6O2S2/c1-14-33-26-22(42-14)13-19(18-7-8-20(30)23-25(18)38(5)36-27(23)37-41-6)24(35-26)21(34-28(39)40-29(2,3)4)11-15-9-16(31)12-17(32)10-15/h7-10,12-13,21H,11H2,1-6H3,(H,34,39)(H,36,37). The molecule has 2 N–H and O–H groups in total. The third-order valence-corrected chi connectivity index (χ3v) is 7.95. The van der Waals surface area contributed by atoms with Crippen LogP contribution in [0.3, 0.4) is 0 Å². The molecule has 3 heterocycles. The number of ether oxygens (including phenoxy) is 1. The predicted octanol–water partition coefficient (Wildman–Crippen LogP) is 7.98. The smallest absolute Gasteiger partial charge is 0.408 e. The monoisotopic (exact) mass is 630 g/mol. The van der Waals surface area contributed by atoms with Gasteiger partial charge in [0.05, 0.1) is 37.4 Å². The second-order valence-corrected chi connectivity index (χ2v) is 13.0. The summed E-state index contributed by atoms with van der Waals surface area (Å²) in [5.41, 5.74) is 2.70. The van der Waals surface area contributed by atoms with E-state index in [-0.39, 0.29) is 6.42 Å². The van der Waals surface area contributed by atoms with Gasteiger partial charge in [-0.15, -0.1) is 11.3 Å². The highest BCUT2D eigenvalue weighted by molar-refractivity contribution is 7.99. The Hall–Kier alpha value is -3.48. The maximum atomic E-state index is 14.2. The second-order valence-electron chi connectivity index (χ2n) is 10.8. The molecular weight excluding hydrogens is 602 g/mol. The fraction of sp³-hybridized carbons (Fsp3) is 0.310. The molecule has 5 aromatic rings. The number of carbonyl (C=O) groups is 1. The molecule has 1 unspecified atom stereocenters. The number of alkyl carbamates (subject to hydrolysis) is 1. The Labute approximate surface area is 255 Å². The van der Waals surface area contributed by atoms with E-state index in [9.17, 15) is 13.6 Å². The fourth-order valence-corrected chi connectivity index (χ4v) is 6.25. The molecule has 0 radical (unpaired) electrons. The van der Waals surface area contributed by atoms with E-state index in [1.807, 2.05) is 32.4 Å². The number of pyridine rings is 1. The number of aromatic nitrogens is 4. The van der Waals surface area contributed by atoms with E-state index in [0.717, 1.165) is 32.2 Å². The fourth-order valence-electron chi connectivity index (χ4n) is 4.86. The number of fused-ring (bicyclic) bond motifs is 2. The van der Waals surface area contributed by atoms with Crippen LogP contribution in [0, 0.1) is 18.6 Å². The number of nitrogens with zero attached hydrogens (tertiary/aromatic N) is 4. The van der Waals surface area contributed by atoms with Gasteiger partial charge in [0.2, 0.25) is 0 Å². The number of benzene rings is 2. The molecule has 0 saturated carbocycles. The van der Waals surface area contributed by atoms with Gasteiger partial charge in [-0.1, -0.05) is 29.6 Å². The van der Waals surface area contributed by atoms with Crippen molar-refractivity contribution >= 4 is 68.0 Å². The van der Waals surface area contributed by atoms with E-state index >= 15 is 0 Å². The van der Waals surface area contributed by atoms with Crippen LogP contribution >= 0.6 is 34.9 Å². The van der Waals surface area contributed by atoms with Crippen LogP contribution in [0.2, 0.25) is 5.02 Å². The highest BCUT2D eigenvalue weighted by atomic mass is 35.5. The largest absolute Gasteiger partial charge is 0.444 e. The summed E-state index contributed by atoms with van der Waals surface area (Å²) in [6, 6.07) is 8.07. The molecule has 0 aliphatic rings. The minimum Gasteiger partial charge on any atom is -0.444 e. The first-order valence-corrected chi connectivity index (χ1v) is 15.4. The Balaban J connectivity index is 1.76. The number of carbonyl (C=O) groups excluding carboxylic acids is 1. The second kappa shape index (κ2) is 11.7.